The normalized spacial score (nSPS) is 10.7. The van der Waals surface area contributed by atoms with Crippen LogP contribution in [0.15, 0.2) is 17.5 Å². The standard InChI is InChI=1S/C9H6INO2S/c1-5-7(10)4-6-2-3-14-9(6)8(5)11(12)13/h2-4H,1H3. The highest BCUT2D eigenvalue weighted by atomic mass is 127. The molecule has 0 saturated heterocycles. The van der Waals surface area contributed by atoms with Gasteiger partial charge in [0.15, 0.2) is 0 Å². The van der Waals surface area contributed by atoms with Crippen molar-refractivity contribution in [3.8, 4) is 0 Å². The Labute approximate surface area is 98.0 Å². The van der Waals surface area contributed by atoms with Gasteiger partial charge in [0.05, 0.1) is 4.92 Å². The van der Waals surface area contributed by atoms with Gasteiger partial charge in [0.25, 0.3) is 5.69 Å². The minimum atomic E-state index is -0.295. The van der Waals surface area contributed by atoms with Crippen LogP contribution in [-0.4, -0.2) is 4.92 Å². The summed E-state index contributed by atoms with van der Waals surface area (Å²) in [4.78, 5) is 10.6. The predicted molar refractivity (Wildman–Crippen MR) is 65.9 cm³/mol. The quantitative estimate of drug-likeness (QED) is 0.457. The van der Waals surface area contributed by atoms with Gasteiger partial charge in [-0.05, 0) is 47.0 Å². The van der Waals surface area contributed by atoms with Crippen molar-refractivity contribution in [3.63, 3.8) is 0 Å². The number of nitro groups is 1. The number of benzene rings is 1. The first kappa shape index (κ1) is 9.85. The molecule has 1 aromatic heterocycles. The summed E-state index contributed by atoms with van der Waals surface area (Å²) < 4.78 is 1.72. The van der Waals surface area contributed by atoms with Gasteiger partial charge in [-0.3, -0.25) is 10.1 Å². The van der Waals surface area contributed by atoms with Crippen LogP contribution in [0.2, 0.25) is 0 Å². The van der Waals surface area contributed by atoms with E-state index in [0.717, 1.165) is 19.2 Å². The van der Waals surface area contributed by atoms with Crippen LogP contribution in [0.25, 0.3) is 10.1 Å². The summed E-state index contributed by atoms with van der Waals surface area (Å²) in [5.41, 5.74) is 1.01. The van der Waals surface area contributed by atoms with Gasteiger partial charge in [-0.1, -0.05) is 0 Å². The van der Waals surface area contributed by atoms with Crippen molar-refractivity contribution >= 4 is 49.7 Å². The molecule has 1 aromatic carbocycles. The van der Waals surface area contributed by atoms with Gasteiger partial charge in [0.1, 0.15) is 4.70 Å². The molecule has 0 spiro atoms. The van der Waals surface area contributed by atoms with Gasteiger partial charge in [-0.15, -0.1) is 11.3 Å². The molecular formula is C9H6INO2S. The largest absolute Gasteiger partial charge is 0.291 e. The third-order valence-electron chi connectivity index (χ3n) is 2.09. The molecule has 3 nitrogen and oxygen atoms in total. The van der Waals surface area contributed by atoms with Crippen molar-refractivity contribution in [2.24, 2.45) is 0 Å². The highest BCUT2D eigenvalue weighted by Gasteiger charge is 2.19. The number of nitrogens with zero attached hydrogens (tertiary/aromatic N) is 1. The number of hydrogen-bond acceptors (Lipinski definition) is 3. The van der Waals surface area contributed by atoms with Crippen molar-refractivity contribution in [2.75, 3.05) is 0 Å². The summed E-state index contributed by atoms with van der Waals surface area (Å²) in [6.07, 6.45) is 0. The van der Waals surface area contributed by atoms with Gasteiger partial charge in [-0.25, -0.2) is 0 Å². The Morgan fingerprint density at radius 3 is 2.93 bits per heavy atom. The van der Waals surface area contributed by atoms with Crippen LogP contribution >= 0.6 is 33.9 Å². The average Bonchev–Trinajstić information content (AvgIpc) is 2.52. The molecule has 0 atom stereocenters. The van der Waals surface area contributed by atoms with E-state index in [1.54, 1.807) is 6.92 Å². The molecule has 2 rings (SSSR count). The maximum absolute atomic E-state index is 10.9. The number of nitro benzene ring substituents is 1. The van der Waals surface area contributed by atoms with Crippen molar-refractivity contribution < 1.29 is 4.92 Å². The molecule has 2 aromatic rings. The molecule has 0 amide bonds. The zero-order chi connectivity index (χ0) is 10.3. The zero-order valence-corrected chi connectivity index (χ0v) is 10.3. The van der Waals surface area contributed by atoms with Crippen LogP contribution in [0.3, 0.4) is 0 Å². The Hall–Kier alpha value is -0.690. The SMILES string of the molecule is Cc1c(I)cc2ccsc2c1[N+](=O)[O-]. The smallest absolute Gasteiger partial charge is 0.258 e. The zero-order valence-electron chi connectivity index (χ0n) is 7.28. The monoisotopic (exact) mass is 319 g/mol. The molecule has 0 aliphatic heterocycles. The summed E-state index contributed by atoms with van der Waals surface area (Å²) in [6.45, 7) is 1.79. The van der Waals surface area contributed by atoms with Gasteiger partial charge in [-0.2, -0.15) is 0 Å². The van der Waals surface area contributed by atoms with E-state index in [4.69, 9.17) is 0 Å². The molecule has 0 unspecified atom stereocenters. The first-order chi connectivity index (χ1) is 6.61. The van der Waals surface area contributed by atoms with Crippen LogP contribution in [-0.2, 0) is 0 Å². The fourth-order valence-electron chi connectivity index (χ4n) is 1.37. The fourth-order valence-corrected chi connectivity index (χ4v) is 2.92. The Morgan fingerprint density at radius 1 is 1.57 bits per heavy atom. The minimum Gasteiger partial charge on any atom is -0.258 e. The second-order valence-electron chi connectivity index (χ2n) is 2.93. The van der Waals surface area contributed by atoms with E-state index in [9.17, 15) is 10.1 Å². The van der Waals surface area contributed by atoms with Gasteiger partial charge < -0.3 is 0 Å². The first-order valence-electron chi connectivity index (χ1n) is 3.92. The molecule has 72 valence electrons. The maximum atomic E-state index is 10.9. The van der Waals surface area contributed by atoms with Crippen molar-refractivity contribution in [1.29, 1.82) is 0 Å². The highest BCUT2D eigenvalue weighted by molar-refractivity contribution is 14.1. The molecular weight excluding hydrogens is 313 g/mol. The van der Waals surface area contributed by atoms with E-state index in [0.29, 0.717) is 0 Å². The molecule has 0 fully saturated rings. The van der Waals surface area contributed by atoms with Crippen LogP contribution in [0.4, 0.5) is 5.69 Å². The lowest BCUT2D eigenvalue weighted by Gasteiger charge is -2.01. The van der Waals surface area contributed by atoms with E-state index >= 15 is 0 Å². The third kappa shape index (κ3) is 1.40. The van der Waals surface area contributed by atoms with Crippen LogP contribution in [0.5, 0.6) is 0 Å². The molecule has 14 heavy (non-hydrogen) atoms. The molecule has 0 radical (unpaired) electrons. The highest BCUT2D eigenvalue weighted by Crippen LogP contribution is 2.35. The molecule has 0 saturated carbocycles. The van der Waals surface area contributed by atoms with Crippen LogP contribution in [0, 0.1) is 20.6 Å². The fraction of sp³-hybridized carbons (Fsp3) is 0.111. The lowest BCUT2D eigenvalue weighted by molar-refractivity contribution is -0.383. The number of halogens is 1. The van der Waals surface area contributed by atoms with Crippen molar-refractivity contribution in [1.82, 2.24) is 0 Å². The second kappa shape index (κ2) is 3.47. The number of fused-ring (bicyclic) bond motifs is 1. The molecule has 0 N–H and O–H groups in total. The Morgan fingerprint density at radius 2 is 2.29 bits per heavy atom. The number of hydrogen-bond donors (Lipinski definition) is 0. The van der Waals surface area contributed by atoms with E-state index in [1.807, 2.05) is 17.5 Å². The van der Waals surface area contributed by atoms with E-state index in [2.05, 4.69) is 22.6 Å². The summed E-state index contributed by atoms with van der Waals surface area (Å²) in [5.74, 6) is 0. The Balaban J connectivity index is 2.93. The van der Waals surface area contributed by atoms with E-state index in [-0.39, 0.29) is 10.6 Å². The minimum absolute atomic E-state index is 0.252. The molecule has 0 aliphatic carbocycles. The van der Waals surface area contributed by atoms with Crippen molar-refractivity contribution in [2.45, 2.75) is 6.92 Å². The van der Waals surface area contributed by atoms with Crippen LogP contribution in [0.1, 0.15) is 5.56 Å². The number of rotatable bonds is 1. The summed E-state index contributed by atoms with van der Waals surface area (Å²) in [6, 6.07) is 3.89. The Bertz CT molecular complexity index is 521. The summed E-state index contributed by atoms with van der Waals surface area (Å²) >= 11 is 3.55. The molecule has 0 bridgehead atoms. The summed E-state index contributed by atoms with van der Waals surface area (Å²) in [7, 11) is 0. The first-order valence-corrected chi connectivity index (χ1v) is 5.88. The number of thiophene rings is 1. The van der Waals surface area contributed by atoms with Gasteiger partial charge in [0.2, 0.25) is 0 Å². The topological polar surface area (TPSA) is 43.1 Å². The van der Waals surface area contributed by atoms with Crippen LogP contribution < -0.4 is 0 Å². The molecule has 0 aliphatic rings. The maximum Gasteiger partial charge on any atom is 0.291 e. The van der Waals surface area contributed by atoms with E-state index in [1.165, 1.54) is 11.3 Å². The average molecular weight is 319 g/mol. The molecule has 5 heteroatoms. The second-order valence-corrected chi connectivity index (χ2v) is 5.01. The van der Waals surface area contributed by atoms with E-state index < -0.39 is 0 Å². The third-order valence-corrected chi connectivity index (χ3v) is 4.15. The molecule has 1 heterocycles. The Kier molecular flexibility index (Phi) is 2.44. The predicted octanol–water partition coefficient (Wildman–Crippen LogP) is 3.72. The van der Waals surface area contributed by atoms with Gasteiger partial charge in [0, 0.05) is 14.5 Å². The summed E-state index contributed by atoms with van der Waals surface area (Å²) in [5, 5.41) is 13.7. The lowest BCUT2D eigenvalue weighted by atomic mass is 10.1. The van der Waals surface area contributed by atoms with Crippen molar-refractivity contribution in [3.05, 3.63) is 36.8 Å². The van der Waals surface area contributed by atoms with Gasteiger partial charge >= 0.3 is 0 Å². The lowest BCUT2D eigenvalue weighted by Crippen LogP contribution is -1.93.